The maximum absolute atomic E-state index is 13.9. The molecule has 0 bridgehead atoms. The Labute approximate surface area is 115 Å². The van der Waals surface area contributed by atoms with Crippen LogP contribution in [0, 0.1) is 11.2 Å². The van der Waals surface area contributed by atoms with Crippen LogP contribution >= 0.6 is 0 Å². The highest BCUT2D eigenvalue weighted by Crippen LogP contribution is 2.36. The second-order valence-corrected chi connectivity index (χ2v) is 5.93. The predicted molar refractivity (Wildman–Crippen MR) is 79.0 cm³/mol. The number of piperidine rings is 1. The van der Waals surface area contributed by atoms with Gasteiger partial charge in [-0.15, -0.1) is 0 Å². The van der Waals surface area contributed by atoms with Crippen molar-refractivity contribution in [1.82, 2.24) is 0 Å². The molecule has 1 fully saturated rings. The van der Waals surface area contributed by atoms with Crippen LogP contribution in [0.5, 0.6) is 0 Å². The number of halogens is 1. The van der Waals surface area contributed by atoms with Crippen LogP contribution in [0.3, 0.4) is 0 Å². The van der Waals surface area contributed by atoms with Gasteiger partial charge < -0.3 is 10.6 Å². The normalized spacial score (nSPS) is 18.6. The van der Waals surface area contributed by atoms with Gasteiger partial charge >= 0.3 is 0 Å². The first kappa shape index (κ1) is 14.3. The predicted octanol–water partition coefficient (Wildman–Crippen LogP) is 3.34. The van der Waals surface area contributed by atoms with Gasteiger partial charge in [0.15, 0.2) is 0 Å². The van der Waals surface area contributed by atoms with E-state index in [4.69, 9.17) is 5.73 Å². The molecule has 2 nitrogen and oxygen atoms in total. The van der Waals surface area contributed by atoms with Gasteiger partial charge in [-0.3, -0.25) is 0 Å². The molecule has 0 unspecified atom stereocenters. The lowest BCUT2D eigenvalue weighted by Gasteiger charge is -2.40. The topological polar surface area (TPSA) is 29.3 Å². The number of rotatable bonds is 4. The van der Waals surface area contributed by atoms with Crippen LogP contribution in [0.1, 0.15) is 38.7 Å². The zero-order valence-corrected chi connectivity index (χ0v) is 12.1. The summed E-state index contributed by atoms with van der Waals surface area (Å²) in [5.74, 6) is -0.119. The maximum Gasteiger partial charge on any atom is 0.128 e. The summed E-state index contributed by atoms with van der Waals surface area (Å²) in [7, 11) is 0. The third-order valence-corrected chi connectivity index (χ3v) is 4.65. The molecule has 2 rings (SSSR count). The van der Waals surface area contributed by atoms with Gasteiger partial charge in [-0.25, -0.2) is 4.39 Å². The zero-order valence-electron chi connectivity index (χ0n) is 12.1. The maximum atomic E-state index is 13.9. The summed E-state index contributed by atoms with van der Waals surface area (Å²) in [4.78, 5) is 2.32. The molecular formula is C16H25FN2. The van der Waals surface area contributed by atoms with Gasteiger partial charge in [0.25, 0.3) is 0 Å². The van der Waals surface area contributed by atoms with E-state index in [2.05, 4.69) is 18.7 Å². The smallest absolute Gasteiger partial charge is 0.128 e. The van der Waals surface area contributed by atoms with Gasteiger partial charge in [0.2, 0.25) is 0 Å². The van der Waals surface area contributed by atoms with Gasteiger partial charge in [-0.05, 0) is 43.4 Å². The molecular weight excluding hydrogens is 239 g/mol. The van der Waals surface area contributed by atoms with E-state index >= 15 is 0 Å². The number of hydrogen-bond donors (Lipinski definition) is 1. The first-order valence-corrected chi connectivity index (χ1v) is 7.32. The molecule has 1 aliphatic heterocycles. The Morgan fingerprint density at radius 3 is 2.58 bits per heavy atom. The number of anilines is 1. The van der Waals surface area contributed by atoms with Crippen molar-refractivity contribution in [2.75, 3.05) is 24.5 Å². The summed E-state index contributed by atoms with van der Waals surface area (Å²) in [6.45, 7) is 7.15. The second kappa shape index (κ2) is 5.91. The third-order valence-electron chi connectivity index (χ3n) is 4.65. The Morgan fingerprint density at radius 2 is 2.00 bits per heavy atom. The fourth-order valence-electron chi connectivity index (χ4n) is 2.88. The Morgan fingerprint density at radius 1 is 1.32 bits per heavy atom. The summed E-state index contributed by atoms with van der Waals surface area (Å²) < 4.78 is 13.9. The standard InChI is InChI=1S/C16H25FN2/c1-3-16(2)8-11-19(12-9-16)15-6-4-5-14(17)13(15)7-10-18/h4-6H,3,7-12,18H2,1-2H3. The van der Waals surface area contributed by atoms with Crippen LogP contribution in [-0.2, 0) is 6.42 Å². The number of hydrogen-bond acceptors (Lipinski definition) is 2. The highest BCUT2D eigenvalue weighted by molar-refractivity contribution is 5.54. The van der Waals surface area contributed by atoms with Crippen molar-refractivity contribution in [2.45, 2.75) is 39.5 Å². The molecule has 1 saturated heterocycles. The monoisotopic (exact) mass is 264 g/mol. The highest BCUT2D eigenvalue weighted by atomic mass is 19.1. The molecule has 106 valence electrons. The van der Waals surface area contributed by atoms with Crippen molar-refractivity contribution in [2.24, 2.45) is 11.1 Å². The van der Waals surface area contributed by atoms with Gasteiger partial charge in [0.1, 0.15) is 5.82 Å². The van der Waals surface area contributed by atoms with Crippen LogP contribution in [-0.4, -0.2) is 19.6 Å². The van der Waals surface area contributed by atoms with Crippen LogP contribution in [0.4, 0.5) is 10.1 Å². The van der Waals surface area contributed by atoms with Crippen molar-refractivity contribution in [3.63, 3.8) is 0 Å². The van der Waals surface area contributed by atoms with E-state index in [0.717, 1.165) is 24.3 Å². The van der Waals surface area contributed by atoms with Gasteiger partial charge in [-0.1, -0.05) is 26.3 Å². The van der Waals surface area contributed by atoms with Crippen LogP contribution in [0.25, 0.3) is 0 Å². The summed E-state index contributed by atoms with van der Waals surface area (Å²) >= 11 is 0. The van der Waals surface area contributed by atoms with Crippen molar-refractivity contribution >= 4 is 5.69 Å². The molecule has 0 spiro atoms. The zero-order chi connectivity index (χ0) is 13.9. The van der Waals surface area contributed by atoms with E-state index in [1.165, 1.54) is 25.3 Å². The fraction of sp³-hybridized carbons (Fsp3) is 0.625. The van der Waals surface area contributed by atoms with Crippen molar-refractivity contribution in [3.8, 4) is 0 Å². The minimum atomic E-state index is -0.119. The van der Waals surface area contributed by atoms with Crippen molar-refractivity contribution in [1.29, 1.82) is 0 Å². The highest BCUT2D eigenvalue weighted by Gasteiger charge is 2.29. The minimum absolute atomic E-state index is 0.119. The molecule has 0 saturated carbocycles. The third kappa shape index (κ3) is 3.08. The lowest BCUT2D eigenvalue weighted by atomic mass is 9.78. The summed E-state index contributed by atoms with van der Waals surface area (Å²) in [6.07, 6.45) is 4.20. The first-order chi connectivity index (χ1) is 9.09. The Balaban J connectivity index is 2.17. The average molecular weight is 264 g/mol. The Bertz CT molecular complexity index is 423. The number of nitrogens with two attached hydrogens (primary N) is 1. The molecule has 1 heterocycles. The molecule has 0 atom stereocenters. The van der Waals surface area contributed by atoms with Crippen molar-refractivity contribution in [3.05, 3.63) is 29.6 Å². The fourth-order valence-corrected chi connectivity index (χ4v) is 2.88. The van der Waals surface area contributed by atoms with Crippen LogP contribution in [0.15, 0.2) is 18.2 Å². The Hall–Kier alpha value is -1.09. The van der Waals surface area contributed by atoms with E-state index in [-0.39, 0.29) is 5.82 Å². The number of benzene rings is 1. The lowest BCUT2D eigenvalue weighted by molar-refractivity contribution is 0.238. The van der Waals surface area contributed by atoms with Crippen LogP contribution in [0.2, 0.25) is 0 Å². The van der Waals surface area contributed by atoms with E-state index in [9.17, 15) is 4.39 Å². The van der Waals surface area contributed by atoms with E-state index in [0.29, 0.717) is 18.4 Å². The lowest BCUT2D eigenvalue weighted by Crippen LogP contribution is -2.39. The minimum Gasteiger partial charge on any atom is -0.371 e. The van der Waals surface area contributed by atoms with E-state index < -0.39 is 0 Å². The summed E-state index contributed by atoms with van der Waals surface area (Å²) in [5, 5.41) is 0. The quantitative estimate of drug-likeness (QED) is 0.903. The van der Waals surface area contributed by atoms with Gasteiger partial charge in [-0.2, -0.15) is 0 Å². The van der Waals surface area contributed by atoms with Gasteiger partial charge in [0, 0.05) is 24.3 Å². The average Bonchev–Trinajstić information content (AvgIpc) is 2.42. The SMILES string of the molecule is CCC1(C)CCN(c2cccc(F)c2CCN)CC1. The summed E-state index contributed by atoms with van der Waals surface area (Å²) in [6, 6.07) is 5.37. The molecule has 1 aliphatic rings. The largest absolute Gasteiger partial charge is 0.371 e. The molecule has 0 amide bonds. The molecule has 1 aromatic carbocycles. The number of nitrogens with zero attached hydrogens (tertiary/aromatic N) is 1. The van der Waals surface area contributed by atoms with E-state index in [1.807, 2.05) is 6.07 Å². The molecule has 2 N–H and O–H groups in total. The van der Waals surface area contributed by atoms with Crippen LogP contribution < -0.4 is 10.6 Å². The van der Waals surface area contributed by atoms with E-state index in [1.54, 1.807) is 6.07 Å². The summed E-state index contributed by atoms with van der Waals surface area (Å²) in [5.41, 5.74) is 7.89. The molecule has 1 aromatic rings. The molecule has 0 aromatic heterocycles. The first-order valence-electron chi connectivity index (χ1n) is 7.32. The molecule has 0 radical (unpaired) electrons. The molecule has 0 aliphatic carbocycles. The van der Waals surface area contributed by atoms with Gasteiger partial charge in [0.05, 0.1) is 0 Å². The van der Waals surface area contributed by atoms with Crippen molar-refractivity contribution < 1.29 is 4.39 Å². The Kier molecular flexibility index (Phi) is 4.46. The molecule has 3 heteroatoms. The second-order valence-electron chi connectivity index (χ2n) is 5.93. The molecule has 19 heavy (non-hydrogen) atoms.